The molecule has 0 aromatic carbocycles. The Labute approximate surface area is 115 Å². The molecule has 1 fully saturated rings. The molecule has 1 aromatic heterocycles. The van der Waals surface area contributed by atoms with Crippen LogP contribution in [-0.4, -0.2) is 36.1 Å². The minimum atomic E-state index is 0.549. The molecule has 1 N–H and O–H groups in total. The zero-order valence-electron chi connectivity index (χ0n) is 11.9. The van der Waals surface area contributed by atoms with Crippen molar-refractivity contribution in [3.8, 4) is 0 Å². The number of hydrogen-bond acceptors (Lipinski definition) is 4. The van der Waals surface area contributed by atoms with Gasteiger partial charge in [-0.05, 0) is 33.4 Å². The summed E-state index contributed by atoms with van der Waals surface area (Å²) >= 11 is 1.79. The fourth-order valence-corrected chi connectivity index (χ4v) is 3.36. The third-order valence-electron chi connectivity index (χ3n) is 3.77. The quantitative estimate of drug-likeness (QED) is 0.889. The summed E-state index contributed by atoms with van der Waals surface area (Å²) in [6.45, 7) is 5.33. The first kappa shape index (κ1) is 14.0. The number of nitrogens with zero attached hydrogens (tertiary/aromatic N) is 2. The maximum absolute atomic E-state index is 4.67. The molecule has 0 radical (unpaired) electrons. The fraction of sp³-hybridized carbons (Fsp3) is 0.786. The standard InChI is InChI=1S/C14H25N3S/c1-10(2)14-16-12(9-18-14)8-15-11-5-6-13(7-11)17(3)4/h9-11,13,15H,5-8H2,1-4H3/t11-,13+/m1/s1. The normalized spacial score (nSPS) is 24.3. The summed E-state index contributed by atoms with van der Waals surface area (Å²) in [4.78, 5) is 7.02. The minimum absolute atomic E-state index is 0.549. The lowest BCUT2D eigenvalue weighted by Crippen LogP contribution is -2.30. The highest BCUT2D eigenvalue weighted by Crippen LogP contribution is 2.23. The summed E-state index contributed by atoms with van der Waals surface area (Å²) in [7, 11) is 4.37. The second-order valence-electron chi connectivity index (χ2n) is 5.84. The molecule has 0 saturated heterocycles. The van der Waals surface area contributed by atoms with Gasteiger partial charge in [-0.15, -0.1) is 11.3 Å². The molecule has 1 saturated carbocycles. The molecule has 0 bridgehead atoms. The molecular weight excluding hydrogens is 242 g/mol. The highest BCUT2D eigenvalue weighted by Gasteiger charge is 2.25. The number of thiazole rings is 1. The van der Waals surface area contributed by atoms with Crippen molar-refractivity contribution in [2.45, 2.75) is 57.7 Å². The zero-order valence-corrected chi connectivity index (χ0v) is 12.8. The van der Waals surface area contributed by atoms with Crippen LogP contribution in [0.25, 0.3) is 0 Å². The van der Waals surface area contributed by atoms with Crippen LogP contribution >= 0.6 is 11.3 Å². The van der Waals surface area contributed by atoms with Crippen molar-refractivity contribution < 1.29 is 0 Å². The van der Waals surface area contributed by atoms with Gasteiger partial charge in [-0.1, -0.05) is 13.8 Å². The average molecular weight is 267 g/mol. The molecular formula is C14H25N3S. The maximum Gasteiger partial charge on any atom is 0.0954 e. The van der Waals surface area contributed by atoms with Crippen LogP contribution in [0.15, 0.2) is 5.38 Å². The second kappa shape index (κ2) is 6.13. The Morgan fingerprint density at radius 2 is 2.22 bits per heavy atom. The highest BCUT2D eigenvalue weighted by atomic mass is 32.1. The molecule has 102 valence electrons. The van der Waals surface area contributed by atoms with Gasteiger partial charge in [-0.25, -0.2) is 4.98 Å². The van der Waals surface area contributed by atoms with E-state index in [1.807, 2.05) is 0 Å². The minimum Gasteiger partial charge on any atom is -0.308 e. The maximum atomic E-state index is 4.67. The molecule has 2 atom stereocenters. The lowest BCUT2D eigenvalue weighted by molar-refractivity contribution is 0.293. The summed E-state index contributed by atoms with van der Waals surface area (Å²) in [5.74, 6) is 0.549. The first-order valence-electron chi connectivity index (χ1n) is 6.90. The lowest BCUT2D eigenvalue weighted by Gasteiger charge is -2.19. The van der Waals surface area contributed by atoms with E-state index in [9.17, 15) is 0 Å². The summed E-state index contributed by atoms with van der Waals surface area (Å²) in [5.41, 5.74) is 1.21. The van der Waals surface area contributed by atoms with Crippen LogP contribution in [-0.2, 0) is 6.54 Å². The van der Waals surface area contributed by atoms with E-state index in [0.29, 0.717) is 12.0 Å². The average Bonchev–Trinajstić information content (AvgIpc) is 2.95. The van der Waals surface area contributed by atoms with Gasteiger partial charge in [0.2, 0.25) is 0 Å². The van der Waals surface area contributed by atoms with Gasteiger partial charge in [0.25, 0.3) is 0 Å². The van der Waals surface area contributed by atoms with E-state index in [1.165, 1.54) is 30.0 Å². The van der Waals surface area contributed by atoms with E-state index in [-0.39, 0.29) is 0 Å². The highest BCUT2D eigenvalue weighted by molar-refractivity contribution is 7.09. The summed E-state index contributed by atoms with van der Waals surface area (Å²) < 4.78 is 0. The first-order valence-corrected chi connectivity index (χ1v) is 7.78. The van der Waals surface area contributed by atoms with Crippen molar-refractivity contribution in [1.29, 1.82) is 0 Å². The van der Waals surface area contributed by atoms with Crippen LogP contribution in [0, 0.1) is 0 Å². The Bertz CT molecular complexity index is 373. The number of rotatable bonds is 5. The van der Waals surface area contributed by atoms with E-state index in [4.69, 9.17) is 0 Å². The second-order valence-corrected chi connectivity index (χ2v) is 6.73. The first-order chi connectivity index (χ1) is 8.56. The molecule has 4 heteroatoms. The van der Waals surface area contributed by atoms with Gasteiger partial charge in [-0.2, -0.15) is 0 Å². The smallest absolute Gasteiger partial charge is 0.0954 e. The lowest BCUT2D eigenvalue weighted by atomic mass is 10.2. The van der Waals surface area contributed by atoms with Crippen molar-refractivity contribution in [3.63, 3.8) is 0 Å². The third-order valence-corrected chi connectivity index (χ3v) is 4.96. The molecule has 18 heavy (non-hydrogen) atoms. The van der Waals surface area contributed by atoms with E-state index in [0.717, 1.165) is 12.6 Å². The van der Waals surface area contributed by atoms with Crippen LogP contribution in [0.5, 0.6) is 0 Å². The van der Waals surface area contributed by atoms with Crippen molar-refractivity contribution in [1.82, 2.24) is 15.2 Å². The SMILES string of the molecule is CC(C)c1nc(CN[C@@H]2CC[C@H](N(C)C)C2)cs1. The van der Waals surface area contributed by atoms with Crippen LogP contribution < -0.4 is 5.32 Å². The molecule has 1 aliphatic rings. The summed E-state index contributed by atoms with van der Waals surface area (Å²) in [6.07, 6.45) is 3.89. The number of aromatic nitrogens is 1. The van der Waals surface area contributed by atoms with Crippen LogP contribution in [0.2, 0.25) is 0 Å². The van der Waals surface area contributed by atoms with Crippen LogP contribution in [0.1, 0.15) is 49.7 Å². The Kier molecular flexibility index (Phi) is 4.76. The predicted molar refractivity (Wildman–Crippen MR) is 78.2 cm³/mol. The summed E-state index contributed by atoms with van der Waals surface area (Å²) in [6, 6.07) is 1.42. The number of hydrogen-bond donors (Lipinski definition) is 1. The van der Waals surface area contributed by atoms with E-state index >= 15 is 0 Å². The molecule has 0 amide bonds. The van der Waals surface area contributed by atoms with Gasteiger partial charge in [0.05, 0.1) is 10.7 Å². The molecule has 1 aliphatic carbocycles. The van der Waals surface area contributed by atoms with Crippen molar-refractivity contribution in [2.75, 3.05) is 14.1 Å². The molecule has 1 aromatic rings. The van der Waals surface area contributed by atoms with Gasteiger partial charge in [0.15, 0.2) is 0 Å². The molecule has 1 heterocycles. The van der Waals surface area contributed by atoms with Gasteiger partial charge < -0.3 is 10.2 Å². The molecule has 2 rings (SSSR count). The van der Waals surface area contributed by atoms with Crippen LogP contribution in [0.4, 0.5) is 0 Å². The van der Waals surface area contributed by atoms with Gasteiger partial charge >= 0.3 is 0 Å². The Balaban J connectivity index is 1.78. The van der Waals surface area contributed by atoms with Gasteiger partial charge in [0, 0.05) is 29.9 Å². The molecule has 3 nitrogen and oxygen atoms in total. The monoisotopic (exact) mass is 267 g/mol. The van der Waals surface area contributed by atoms with Gasteiger partial charge in [0.1, 0.15) is 0 Å². The Hall–Kier alpha value is -0.450. The van der Waals surface area contributed by atoms with Crippen molar-refractivity contribution in [2.24, 2.45) is 0 Å². The topological polar surface area (TPSA) is 28.2 Å². The number of nitrogens with one attached hydrogen (secondary N) is 1. The summed E-state index contributed by atoms with van der Waals surface area (Å²) in [5, 5.41) is 7.10. The zero-order chi connectivity index (χ0) is 13.1. The van der Waals surface area contributed by atoms with E-state index in [1.54, 1.807) is 11.3 Å². The Morgan fingerprint density at radius 3 is 2.78 bits per heavy atom. The Morgan fingerprint density at radius 1 is 1.44 bits per heavy atom. The van der Waals surface area contributed by atoms with E-state index < -0.39 is 0 Å². The fourth-order valence-electron chi connectivity index (χ4n) is 2.53. The van der Waals surface area contributed by atoms with Crippen molar-refractivity contribution >= 4 is 11.3 Å². The molecule has 0 aliphatic heterocycles. The molecule has 0 spiro atoms. The largest absolute Gasteiger partial charge is 0.308 e. The molecule has 0 unspecified atom stereocenters. The van der Waals surface area contributed by atoms with Crippen molar-refractivity contribution in [3.05, 3.63) is 16.1 Å². The van der Waals surface area contributed by atoms with Gasteiger partial charge in [-0.3, -0.25) is 0 Å². The van der Waals surface area contributed by atoms with E-state index in [2.05, 4.69) is 48.5 Å². The van der Waals surface area contributed by atoms with Crippen LogP contribution in [0.3, 0.4) is 0 Å². The predicted octanol–water partition coefficient (Wildman–Crippen LogP) is 2.84. The third kappa shape index (κ3) is 3.53.